The zero-order valence-electron chi connectivity index (χ0n) is 7.11. The van der Waals surface area contributed by atoms with Crippen LogP contribution in [0.5, 0.6) is 0 Å². The molecule has 0 radical (unpaired) electrons. The molecule has 0 atom stereocenters. The molecule has 0 aromatic heterocycles. The molecular weight excluding hydrogens is 152 g/mol. The van der Waals surface area contributed by atoms with Gasteiger partial charge in [-0.3, -0.25) is 0 Å². The van der Waals surface area contributed by atoms with Gasteiger partial charge in [0.15, 0.2) is 0 Å². The molecule has 2 heteroatoms. The van der Waals surface area contributed by atoms with Gasteiger partial charge in [0, 0.05) is 0 Å². The third kappa shape index (κ3) is 4.88. The third-order valence-electron chi connectivity index (χ3n) is 1.41. The number of hydrogen-bond acceptors (Lipinski definition) is 2. The molecule has 1 fully saturated rings. The monoisotopic (exact) mass is 166 g/mol. The van der Waals surface area contributed by atoms with E-state index in [9.17, 15) is 0 Å². The van der Waals surface area contributed by atoms with Crippen LogP contribution in [0.2, 0.25) is 0 Å². The first-order chi connectivity index (χ1) is 6.00. The Hall–Kier alpha value is -0.860. The summed E-state index contributed by atoms with van der Waals surface area (Å²) in [6.07, 6.45) is 0. The molecule has 0 N–H and O–H groups in total. The molecule has 0 bridgehead atoms. The lowest BCUT2D eigenvalue weighted by Crippen LogP contribution is -2.16. The Labute approximate surface area is 73.1 Å². The van der Waals surface area contributed by atoms with E-state index < -0.39 is 0 Å². The maximum atomic E-state index is 4.94. The quantitative estimate of drug-likeness (QED) is 0.584. The number of hydrogen-bond donors (Lipinski definition) is 0. The van der Waals surface area contributed by atoms with Crippen molar-refractivity contribution in [2.45, 2.75) is 0 Å². The third-order valence-corrected chi connectivity index (χ3v) is 1.41. The lowest BCUT2D eigenvalue weighted by Gasteiger charge is -2.09. The highest BCUT2D eigenvalue weighted by atomic mass is 16.6. The predicted octanol–water partition coefficient (Wildman–Crippen LogP) is 1.72. The van der Waals surface area contributed by atoms with Gasteiger partial charge in [0.1, 0.15) is 0 Å². The molecule has 1 aliphatic rings. The van der Waals surface area contributed by atoms with Crippen molar-refractivity contribution in [2.75, 3.05) is 26.4 Å². The molecule has 1 heterocycles. The van der Waals surface area contributed by atoms with E-state index in [1.807, 2.05) is 36.4 Å². The fraction of sp³-hybridized carbons (Fsp3) is 0.400. The van der Waals surface area contributed by atoms with E-state index in [1.54, 1.807) is 0 Å². The van der Waals surface area contributed by atoms with E-state index in [1.165, 1.54) is 0 Å². The maximum Gasteiger partial charge on any atom is 0.0701 e. The summed E-state index contributed by atoms with van der Waals surface area (Å²) in [5, 5.41) is 0. The first kappa shape index (κ1) is 9.23. The van der Waals surface area contributed by atoms with Gasteiger partial charge in [-0.05, 0) is 0 Å². The molecule has 0 saturated carbocycles. The lowest BCUT2D eigenvalue weighted by molar-refractivity contribution is -0.0334. The number of rotatable bonds is 0. The minimum atomic E-state index is 0.778. The normalized spacial score (nSPS) is 16.0. The zero-order chi connectivity index (χ0) is 8.49. The van der Waals surface area contributed by atoms with E-state index in [4.69, 9.17) is 9.47 Å². The van der Waals surface area contributed by atoms with Gasteiger partial charge in [0.25, 0.3) is 0 Å². The molecule has 0 unspecified atom stereocenters. The van der Waals surface area contributed by atoms with Crippen molar-refractivity contribution in [1.29, 1.82) is 0 Å². The van der Waals surface area contributed by atoms with Crippen molar-refractivity contribution >= 4 is 0 Å². The average molecular weight is 166 g/mol. The van der Waals surface area contributed by atoms with Crippen molar-refractivity contribution in [3.8, 4) is 0 Å². The fourth-order valence-corrected chi connectivity index (χ4v) is 0.825. The van der Waals surface area contributed by atoms with Crippen LogP contribution < -0.4 is 0 Å². The van der Waals surface area contributed by atoms with E-state index in [0.29, 0.717) is 0 Å². The van der Waals surface area contributed by atoms with E-state index in [-0.39, 0.29) is 0 Å². The van der Waals surface area contributed by atoms with Crippen molar-refractivity contribution in [2.24, 2.45) is 0 Å². The summed E-state index contributed by atoms with van der Waals surface area (Å²) in [4.78, 5) is 0. The van der Waals surface area contributed by atoms with Crippen LogP contribution in [0, 0.1) is 0 Å². The van der Waals surface area contributed by atoms with Gasteiger partial charge in [0.05, 0.1) is 26.4 Å². The van der Waals surface area contributed by atoms with Crippen molar-refractivity contribution in [1.82, 2.24) is 0 Å². The minimum Gasteiger partial charge on any atom is -0.377 e. The second-order valence-corrected chi connectivity index (χ2v) is 2.38. The van der Waals surface area contributed by atoms with Crippen LogP contribution in [0.15, 0.2) is 36.4 Å². The van der Waals surface area contributed by atoms with Crippen molar-refractivity contribution in [3.05, 3.63) is 36.4 Å². The summed E-state index contributed by atoms with van der Waals surface area (Å²) in [6.45, 7) is 3.11. The van der Waals surface area contributed by atoms with Gasteiger partial charge in [-0.25, -0.2) is 0 Å². The van der Waals surface area contributed by atoms with Crippen LogP contribution in [0.1, 0.15) is 0 Å². The predicted molar refractivity (Wildman–Crippen MR) is 48.1 cm³/mol. The fourth-order valence-electron chi connectivity index (χ4n) is 0.825. The summed E-state index contributed by atoms with van der Waals surface area (Å²) in [5.41, 5.74) is 0. The molecule has 2 rings (SSSR count). The SMILES string of the molecule is C1COCCO1.c1ccccc1. The summed E-state index contributed by atoms with van der Waals surface area (Å²) >= 11 is 0. The Bertz CT molecular complexity index is 132. The second kappa shape index (κ2) is 6.83. The zero-order valence-corrected chi connectivity index (χ0v) is 7.11. The highest BCUT2D eigenvalue weighted by molar-refractivity contribution is 4.99. The number of benzene rings is 1. The molecule has 12 heavy (non-hydrogen) atoms. The summed E-state index contributed by atoms with van der Waals surface area (Å²) in [5.74, 6) is 0. The van der Waals surface area contributed by atoms with Crippen LogP contribution >= 0.6 is 0 Å². The van der Waals surface area contributed by atoms with E-state index in [0.717, 1.165) is 26.4 Å². The first-order valence-electron chi connectivity index (χ1n) is 4.15. The largest absolute Gasteiger partial charge is 0.377 e. The molecule has 0 spiro atoms. The molecule has 66 valence electrons. The van der Waals surface area contributed by atoms with Crippen LogP contribution in [0.25, 0.3) is 0 Å². The Morgan fingerprint density at radius 3 is 0.917 bits per heavy atom. The van der Waals surface area contributed by atoms with Gasteiger partial charge < -0.3 is 9.47 Å². The van der Waals surface area contributed by atoms with Crippen LogP contribution in [0.4, 0.5) is 0 Å². The highest BCUT2D eigenvalue weighted by Crippen LogP contribution is 1.85. The standard InChI is InChI=1S/C6H6.C4H8O2/c1-2-4-6-5-3-1;1-2-6-4-3-5-1/h1-6H;1-4H2. The van der Waals surface area contributed by atoms with Crippen LogP contribution in [-0.2, 0) is 9.47 Å². The van der Waals surface area contributed by atoms with Crippen molar-refractivity contribution < 1.29 is 9.47 Å². The number of ether oxygens (including phenoxy) is 2. The molecule has 1 saturated heterocycles. The maximum absolute atomic E-state index is 4.94. The molecule has 0 aliphatic carbocycles. The minimum absolute atomic E-state index is 0.778. The smallest absolute Gasteiger partial charge is 0.0701 e. The van der Waals surface area contributed by atoms with Gasteiger partial charge in [0.2, 0.25) is 0 Å². The highest BCUT2D eigenvalue weighted by Gasteiger charge is 1.94. The molecule has 2 nitrogen and oxygen atoms in total. The van der Waals surface area contributed by atoms with Gasteiger partial charge in [-0.1, -0.05) is 36.4 Å². The lowest BCUT2D eigenvalue weighted by atomic mass is 10.4. The summed E-state index contributed by atoms with van der Waals surface area (Å²) < 4.78 is 9.89. The van der Waals surface area contributed by atoms with Gasteiger partial charge >= 0.3 is 0 Å². The topological polar surface area (TPSA) is 18.5 Å². The van der Waals surface area contributed by atoms with Crippen molar-refractivity contribution in [3.63, 3.8) is 0 Å². The van der Waals surface area contributed by atoms with Gasteiger partial charge in [-0.2, -0.15) is 0 Å². The Morgan fingerprint density at radius 1 is 0.500 bits per heavy atom. The molecular formula is C10H14O2. The first-order valence-corrected chi connectivity index (χ1v) is 4.15. The van der Waals surface area contributed by atoms with E-state index >= 15 is 0 Å². The molecule has 1 aromatic carbocycles. The van der Waals surface area contributed by atoms with Crippen LogP contribution in [-0.4, -0.2) is 26.4 Å². The van der Waals surface area contributed by atoms with Crippen LogP contribution in [0.3, 0.4) is 0 Å². The average Bonchev–Trinajstić information content (AvgIpc) is 2.24. The summed E-state index contributed by atoms with van der Waals surface area (Å²) in [6, 6.07) is 12.0. The summed E-state index contributed by atoms with van der Waals surface area (Å²) in [7, 11) is 0. The molecule has 1 aliphatic heterocycles. The Morgan fingerprint density at radius 2 is 0.750 bits per heavy atom. The molecule has 0 amide bonds. The molecule has 1 aromatic rings. The Kier molecular flexibility index (Phi) is 5.25. The second-order valence-electron chi connectivity index (χ2n) is 2.38. The Balaban J connectivity index is 0.000000120. The van der Waals surface area contributed by atoms with E-state index in [2.05, 4.69) is 0 Å². The van der Waals surface area contributed by atoms with Gasteiger partial charge in [-0.15, -0.1) is 0 Å².